The van der Waals surface area contributed by atoms with E-state index >= 15 is 0 Å². The van der Waals surface area contributed by atoms with Gasteiger partial charge in [0.25, 0.3) is 5.91 Å². The Morgan fingerprint density at radius 3 is 2.75 bits per heavy atom. The van der Waals surface area contributed by atoms with Gasteiger partial charge in [-0.15, -0.1) is 0 Å². The van der Waals surface area contributed by atoms with Crippen molar-refractivity contribution in [2.24, 2.45) is 5.10 Å². The largest absolute Gasteiger partial charge is 0.481 e. The van der Waals surface area contributed by atoms with Crippen LogP contribution < -0.4 is 15.1 Å². The van der Waals surface area contributed by atoms with Gasteiger partial charge >= 0.3 is 0 Å². The first-order valence-electron chi connectivity index (χ1n) is 7.39. The van der Waals surface area contributed by atoms with Gasteiger partial charge in [-0.1, -0.05) is 11.6 Å². The molecule has 0 spiro atoms. The summed E-state index contributed by atoms with van der Waals surface area (Å²) in [6.07, 6.45) is 0.737. The van der Waals surface area contributed by atoms with Crippen molar-refractivity contribution in [1.82, 2.24) is 5.43 Å². The number of carbonyl (C=O) groups excluding carboxylic acids is 1. The lowest BCUT2D eigenvalue weighted by molar-refractivity contribution is -0.127. The van der Waals surface area contributed by atoms with Gasteiger partial charge in [-0.2, -0.15) is 5.10 Å². The highest BCUT2D eigenvalue weighted by Crippen LogP contribution is 2.22. The maximum Gasteiger partial charge on any atom is 0.280 e. The third-order valence-electron chi connectivity index (χ3n) is 3.23. The van der Waals surface area contributed by atoms with Crippen LogP contribution in [0.3, 0.4) is 0 Å². The third-order valence-corrected chi connectivity index (χ3v) is 3.46. The van der Waals surface area contributed by atoms with E-state index in [1.165, 1.54) is 6.21 Å². The predicted octanol–water partition coefficient (Wildman–Crippen LogP) is 3.23. The third kappa shape index (κ3) is 4.76. The highest BCUT2D eigenvalue weighted by Gasteiger charge is 2.15. The highest BCUT2D eigenvalue weighted by atomic mass is 35.5. The average Bonchev–Trinajstić information content (AvgIpc) is 2.99. The summed E-state index contributed by atoms with van der Waals surface area (Å²) in [6.45, 7) is 3.51. The maximum atomic E-state index is 12.0. The van der Waals surface area contributed by atoms with E-state index in [0.717, 1.165) is 5.56 Å². The zero-order valence-corrected chi connectivity index (χ0v) is 14.8. The molecule has 1 heterocycles. The SMILES string of the molecule is Cc1cc(Cl)ccc1OC(C)C(=O)NN=Cc1ccc(N(C)C)o1. The Morgan fingerprint density at radius 1 is 1.38 bits per heavy atom. The van der Waals surface area contributed by atoms with Crippen LogP contribution in [0.5, 0.6) is 5.75 Å². The minimum atomic E-state index is -0.698. The molecule has 1 N–H and O–H groups in total. The number of aryl methyl sites for hydroxylation is 1. The zero-order valence-electron chi connectivity index (χ0n) is 14.0. The van der Waals surface area contributed by atoms with Crippen LogP contribution in [-0.2, 0) is 4.79 Å². The van der Waals surface area contributed by atoms with Gasteiger partial charge in [0, 0.05) is 25.2 Å². The summed E-state index contributed by atoms with van der Waals surface area (Å²) in [5.41, 5.74) is 3.29. The number of halogens is 1. The Bertz CT molecular complexity index is 740. The topological polar surface area (TPSA) is 67.1 Å². The van der Waals surface area contributed by atoms with Crippen LogP contribution in [0.1, 0.15) is 18.2 Å². The summed E-state index contributed by atoms with van der Waals surface area (Å²) in [4.78, 5) is 13.8. The van der Waals surface area contributed by atoms with Crippen LogP contribution in [0.25, 0.3) is 0 Å². The van der Waals surface area contributed by atoms with Crippen molar-refractivity contribution in [2.45, 2.75) is 20.0 Å². The number of anilines is 1. The molecular weight excluding hydrogens is 330 g/mol. The lowest BCUT2D eigenvalue weighted by Crippen LogP contribution is -2.33. The van der Waals surface area contributed by atoms with Gasteiger partial charge in [0.1, 0.15) is 11.5 Å². The van der Waals surface area contributed by atoms with E-state index in [9.17, 15) is 4.79 Å². The van der Waals surface area contributed by atoms with Crippen LogP contribution in [0.15, 0.2) is 39.9 Å². The number of ether oxygens (including phenoxy) is 1. The van der Waals surface area contributed by atoms with Crippen LogP contribution in [-0.4, -0.2) is 32.3 Å². The molecule has 1 atom stereocenters. The summed E-state index contributed by atoms with van der Waals surface area (Å²) in [7, 11) is 3.75. The van der Waals surface area contributed by atoms with Gasteiger partial charge in [-0.25, -0.2) is 5.43 Å². The van der Waals surface area contributed by atoms with Gasteiger partial charge < -0.3 is 14.1 Å². The molecule has 2 rings (SSSR count). The van der Waals surface area contributed by atoms with Crippen LogP contribution in [0.2, 0.25) is 5.02 Å². The Balaban J connectivity index is 1.90. The van der Waals surface area contributed by atoms with E-state index in [2.05, 4.69) is 10.5 Å². The normalized spacial score (nSPS) is 12.2. The standard InChI is InChI=1S/C17H20ClN3O3/c1-11-9-13(18)5-7-15(11)23-12(2)17(22)20-19-10-14-6-8-16(24-14)21(3)4/h5-10,12H,1-4H3,(H,20,22). The number of amides is 1. The Hall–Kier alpha value is -2.47. The van der Waals surface area contributed by atoms with Gasteiger partial charge in [0.15, 0.2) is 12.0 Å². The maximum absolute atomic E-state index is 12.0. The fourth-order valence-electron chi connectivity index (χ4n) is 1.89. The first-order valence-corrected chi connectivity index (χ1v) is 7.77. The van der Waals surface area contributed by atoms with Crippen LogP contribution >= 0.6 is 11.6 Å². The van der Waals surface area contributed by atoms with Crippen LogP contribution in [0, 0.1) is 6.92 Å². The number of benzene rings is 1. The number of nitrogens with zero attached hydrogens (tertiary/aromatic N) is 2. The second kappa shape index (κ2) is 7.88. The van der Waals surface area contributed by atoms with Crippen molar-refractivity contribution in [3.63, 3.8) is 0 Å². The summed E-state index contributed by atoms with van der Waals surface area (Å²) < 4.78 is 11.1. The molecule has 2 aromatic rings. The lowest BCUT2D eigenvalue weighted by atomic mass is 10.2. The molecule has 1 unspecified atom stereocenters. The molecule has 0 saturated heterocycles. The Morgan fingerprint density at radius 2 is 2.12 bits per heavy atom. The molecular formula is C17H20ClN3O3. The quantitative estimate of drug-likeness (QED) is 0.642. The Kier molecular flexibility index (Phi) is 5.87. The number of carbonyl (C=O) groups is 1. The molecule has 1 amide bonds. The molecule has 1 aromatic carbocycles. The number of hydrazone groups is 1. The molecule has 24 heavy (non-hydrogen) atoms. The minimum Gasteiger partial charge on any atom is -0.481 e. The summed E-state index contributed by atoms with van der Waals surface area (Å²) in [5.74, 6) is 1.49. The molecule has 0 aliphatic carbocycles. The van der Waals surface area contributed by atoms with Gasteiger partial charge in [-0.3, -0.25) is 4.79 Å². The van der Waals surface area contributed by atoms with Crippen molar-refractivity contribution < 1.29 is 13.9 Å². The fourth-order valence-corrected chi connectivity index (χ4v) is 2.12. The number of hydrogen-bond acceptors (Lipinski definition) is 5. The summed E-state index contributed by atoms with van der Waals surface area (Å²) >= 11 is 5.90. The molecule has 7 heteroatoms. The first-order chi connectivity index (χ1) is 11.4. The summed E-state index contributed by atoms with van der Waals surface area (Å²) in [6, 6.07) is 8.81. The molecule has 0 fully saturated rings. The van der Waals surface area contributed by atoms with Gasteiger partial charge in [0.05, 0.1) is 6.21 Å². The van der Waals surface area contributed by atoms with Crippen molar-refractivity contribution in [1.29, 1.82) is 0 Å². The molecule has 6 nitrogen and oxygen atoms in total. The number of hydrogen-bond donors (Lipinski definition) is 1. The van der Waals surface area contributed by atoms with Crippen molar-refractivity contribution in [3.05, 3.63) is 46.7 Å². The summed E-state index contributed by atoms with van der Waals surface area (Å²) in [5, 5.41) is 4.50. The smallest absolute Gasteiger partial charge is 0.280 e. The monoisotopic (exact) mass is 349 g/mol. The molecule has 0 aliphatic rings. The first kappa shape index (κ1) is 17.9. The van der Waals surface area contributed by atoms with Crippen molar-refractivity contribution in [2.75, 3.05) is 19.0 Å². The van der Waals surface area contributed by atoms with E-state index < -0.39 is 6.10 Å². The highest BCUT2D eigenvalue weighted by molar-refractivity contribution is 6.30. The average molecular weight is 350 g/mol. The number of rotatable bonds is 6. The van der Waals surface area contributed by atoms with Crippen molar-refractivity contribution >= 4 is 29.6 Å². The van der Waals surface area contributed by atoms with E-state index in [1.54, 1.807) is 31.2 Å². The van der Waals surface area contributed by atoms with Gasteiger partial charge in [0.2, 0.25) is 0 Å². The van der Waals surface area contributed by atoms with Gasteiger partial charge in [-0.05, 0) is 43.7 Å². The Labute approximate surface area is 146 Å². The minimum absolute atomic E-state index is 0.361. The van der Waals surface area contributed by atoms with E-state index in [4.69, 9.17) is 20.8 Å². The van der Waals surface area contributed by atoms with E-state index in [-0.39, 0.29) is 5.91 Å². The molecule has 0 radical (unpaired) electrons. The molecule has 0 bridgehead atoms. The molecule has 0 aliphatic heterocycles. The van der Waals surface area contributed by atoms with Crippen molar-refractivity contribution in [3.8, 4) is 5.75 Å². The zero-order chi connectivity index (χ0) is 17.7. The lowest BCUT2D eigenvalue weighted by Gasteiger charge is -2.14. The molecule has 1 aromatic heterocycles. The second-order valence-corrected chi connectivity index (χ2v) is 5.91. The second-order valence-electron chi connectivity index (χ2n) is 5.47. The van der Waals surface area contributed by atoms with E-state index in [0.29, 0.717) is 22.4 Å². The number of furan rings is 1. The molecule has 128 valence electrons. The van der Waals surface area contributed by atoms with E-state index in [1.807, 2.05) is 32.0 Å². The molecule has 0 saturated carbocycles. The fraction of sp³-hybridized carbons (Fsp3) is 0.294. The predicted molar refractivity (Wildman–Crippen MR) is 95.1 cm³/mol. The number of nitrogens with one attached hydrogen (secondary N) is 1. The van der Waals surface area contributed by atoms with Crippen LogP contribution in [0.4, 0.5) is 5.88 Å².